The van der Waals surface area contributed by atoms with Gasteiger partial charge in [-0.2, -0.15) is 0 Å². The number of nitrogens with zero attached hydrogens (tertiary/aromatic N) is 1. The first-order valence-electron chi connectivity index (χ1n) is 4.83. The number of alkyl halides is 4. The zero-order chi connectivity index (χ0) is 14.6. The molecule has 1 heterocycles. The van der Waals surface area contributed by atoms with Crippen LogP contribution in [0.2, 0.25) is 0 Å². The van der Waals surface area contributed by atoms with Gasteiger partial charge < -0.3 is 9.47 Å². The molecule has 106 valence electrons. The number of methoxy groups -OCH3 is 1. The number of halogens is 5. The highest BCUT2D eigenvalue weighted by atomic mass is 127. The van der Waals surface area contributed by atoms with Crippen LogP contribution in [0.5, 0.6) is 5.88 Å². The van der Waals surface area contributed by atoms with Gasteiger partial charge in [0.05, 0.1) is 22.8 Å². The molecule has 9 heteroatoms. The van der Waals surface area contributed by atoms with Crippen molar-refractivity contribution in [2.75, 3.05) is 7.11 Å². The molecule has 0 bridgehead atoms. The van der Waals surface area contributed by atoms with E-state index in [0.717, 1.165) is 7.11 Å². The van der Waals surface area contributed by atoms with Crippen LogP contribution < -0.4 is 4.74 Å². The molecular weight excluding hydrogens is 385 g/mol. The summed E-state index contributed by atoms with van der Waals surface area (Å²) in [7, 11) is 1.14. The largest absolute Gasteiger partial charge is 0.574 e. The van der Waals surface area contributed by atoms with Gasteiger partial charge in [-0.15, -0.1) is 13.2 Å². The first-order chi connectivity index (χ1) is 8.76. The molecule has 0 radical (unpaired) electrons. The normalized spacial score (nSPS) is 11.3. The minimum atomic E-state index is -4.94. The molecule has 0 atom stereocenters. The van der Waals surface area contributed by atoms with Crippen molar-refractivity contribution < 1.29 is 31.8 Å². The fourth-order valence-electron chi connectivity index (χ4n) is 1.22. The van der Waals surface area contributed by atoms with Crippen LogP contribution in [0.1, 0.15) is 11.3 Å². The fraction of sp³-hybridized carbons (Fsp3) is 0.400. The summed E-state index contributed by atoms with van der Waals surface area (Å²) in [6, 6.07) is 1.20. The van der Waals surface area contributed by atoms with Crippen LogP contribution in [0.3, 0.4) is 0 Å². The molecule has 1 aromatic rings. The van der Waals surface area contributed by atoms with E-state index in [9.17, 15) is 22.4 Å². The van der Waals surface area contributed by atoms with E-state index in [1.165, 1.54) is 6.07 Å². The van der Waals surface area contributed by atoms with Crippen molar-refractivity contribution in [3.8, 4) is 5.88 Å². The Labute approximate surface area is 119 Å². The third-order valence-corrected chi connectivity index (χ3v) is 3.12. The summed E-state index contributed by atoms with van der Waals surface area (Å²) in [6.45, 7) is -1.07. The van der Waals surface area contributed by atoms with Gasteiger partial charge in [-0.25, -0.2) is 9.37 Å². The van der Waals surface area contributed by atoms with Crippen LogP contribution >= 0.6 is 22.6 Å². The average molecular weight is 393 g/mol. The van der Waals surface area contributed by atoms with Gasteiger partial charge in [0, 0.05) is 0 Å². The number of hydrogen-bond acceptors (Lipinski definition) is 4. The Morgan fingerprint density at radius 3 is 2.58 bits per heavy atom. The van der Waals surface area contributed by atoms with Crippen molar-refractivity contribution in [2.24, 2.45) is 0 Å². The average Bonchev–Trinajstić information content (AvgIpc) is 2.32. The maximum Gasteiger partial charge on any atom is 0.574 e. The lowest BCUT2D eigenvalue weighted by Crippen LogP contribution is -2.20. The SMILES string of the molecule is COC(=O)Cc1cc(CF)nc(OC(F)(F)F)c1I. The molecule has 0 aliphatic heterocycles. The summed E-state index contributed by atoms with van der Waals surface area (Å²) in [5.74, 6) is -1.44. The predicted molar refractivity (Wildman–Crippen MR) is 64.2 cm³/mol. The molecule has 0 aliphatic carbocycles. The Balaban J connectivity index is 3.17. The van der Waals surface area contributed by atoms with Gasteiger partial charge in [0.2, 0.25) is 5.88 Å². The maximum absolute atomic E-state index is 12.6. The molecular formula is C10H8F4INO3. The van der Waals surface area contributed by atoms with Crippen LogP contribution in [0.4, 0.5) is 17.6 Å². The highest BCUT2D eigenvalue weighted by molar-refractivity contribution is 14.1. The van der Waals surface area contributed by atoms with Crippen LogP contribution in [0.15, 0.2) is 6.07 Å². The van der Waals surface area contributed by atoms with E-state index in [4.69, 9.17) is 0 Å². The number of carbonyl (C=O) groups is 1. The quantitative estimate of drug-likeness (QED) is 0.449. The number of esters is 1. The summed E-state index contributed by atoms with van der Waals surface area (Å²) >= 11 is 1.55. The maximum atomic E-state index is 12.6. The number of rotatable bonds is 4. The molecule has 0 N–H and O–H groups in total. The molecule has 0 fully saturated rings. The highest BCUT2D eigenvalue weighted by Crippen LogP contribution is 2.29. The first-order valence-corrected chi connectivity index (χ1v) is 5.91. The van der Waals surface area contributed by atoms with Crippen molar-refractivity contribution in [2.45, 2.75) is 19.5 Å². The second-order valence-corrected chi connectivity index (χ2v) is 4.40. The van der Waals surface area contributed by atoms with Crippen LogP contribution in [-0.4, -0.2) is 24.4 Å². The Hall–Kier alpha value is -1.13. The lowest BCUT2D eigenvalue weighted by molar-refractivity contribution is -0.276. The van der Waals surface area contributed by atoms with E-state index in [0.29, 0.717) is 0 Å². The van der Waals surface area contributed by atoms with Gasteiger partial charge in [-0.3, -0.25) is 4.79 Å². The van der Waals surface area contributed by atoms with E-state index in [2.05, 4.69) is 14.5 Å². The van der Waals surface area contributed by atoms with Gasteiger partial charge in [0.25, 0.3) is 0 Å². The van der Waals surface area contributed by atoms with Crippen molar-refractivity contribution >= 4 is 28.6 Å². The highest BCUT2D eigenvalue weighted by Gasteiger charge is 2.33. The lowest BCUT2D eigenvalue weighted by atomic mass is 10.1. The van der Waals surface area contributed by atoms with Crippen LogP contribution in [-0.2, 0) is 22.6 Å². The molecule has 1 rings (SSSR count). The van der Waals surface area contributed by atoms with E-state index >= 15 is 0 Å². The van der Waals surface area contributed by atoms with E-state index in [1.54, 1.807) is 22.6 Å². The van der Waals surface area contributed by atoms with Gasteiger partial charge in [0.15, 0.2) is 0 Å². The lowest BCUT2D eigenvalue weighted by Gasteiger charge is -2.13. The van der Waals surface area contributed by atoms with Crippen molar-refractivity contribution in [3.63, 3.8) is 0 Å². The molecule has 1 aromatic heterocycles. The van der Waals surface area contributed by atoms with Crippen LogP contribution in [0.25, 0.3) is 0 Å². The topological polar surface area (TPSA) is 48.4 Å². The summed E-state index contributed by atoms with van der Waals surface area (Å²) in [5, 5.41) is 0. The molecule has 0 aromatic carbocycles. The van der Waals surface area contributed by atoms with E-state index in [-0.39, 0.29) is 21.2 Å². The first kappa shape index (κ1) is 15.9. The number of ether oxygens (including phenoxy) is 2. The van der Waals surface area contributed by atoms with Crippen molar-refractivity contribution in [1.29, 1.82) is 0 Å². The van der Waals surface area contributed by atoms with Gasteiger partial charge in [0.1, 0.15) is 6.67 Å². The summed E-state index contributed by atoms with van der Waals surface area (Å²) in [5.41, 5.74) is -0.0899. The minimum Gasteiger partial charge on any atom is -0.469 e. The Kier molecular flexibility index (Phi) is 5.32. The fourth-order valence-corrected chi connectivity index (χ4v) is 1.79. The van der Waals surface area contributed by atoms with Crippen molar-refractivity contribution in [3.05, 3.63) is 20.9 Å². The predicted octanol–water partition coefficient (Wildman–Crippen LogP) is 2.77. The summed E-state index contributed by atoms with van der Waals surface area (Å²) < 4.78 is 57.1. The van der Waals surface area contributed by atoms with Crippen LogP contribution in [0, 0.1) is 3.57 Å². The molecule has 0 unspecified atom stereocenters. The number of pyridine rings is 1. The standard InChI is InChI=1S/C10H8F4INO3/c1-18-7(17)3-5-2-6(4-11)16-9(8(5)15)19-10(12,13)14/h2H,3-4H2,1H3. The smallest absolute Gasteiger partial charge is 0.469 e. The summed E-state index contributed by atoms with van der Waals surface area (Å²) in [4.78, 5) is 14.5. The summed E-state index contributed by atoms with van der Waals surface area (Å²) in [6.07, 6.45) is -5.23. The molecule has 0 spiro atoms. The Bertz CT molecular complexity index is 479. The monoisotopic (exact) mass is 393 g/mol. The number of carbonyl (C=O) groups excluding carboxylic acids is 1. The number of hydrogen-bond donors (Lipinski definition) is 0. The second kappa shape index (κ2) is 6.35. The molecule has 19 heavy (non-hydrogen) atoms. The van der Waals surface area contributed by atoms with Gasteiger partial charge in [-0.1, -0.05) is 0 Å². The Morgan fingerprint density at radius 2 is 2.11 bits per heavy atom. The van der Waals surface area contributed by atoms with Crippen molar-refractivity contribution in [1.82, 2.24) is 4.98 Å². The molecule has 4 nitrogen and oxygen atoms in total. The van der Waals surface area contributed by atoms with Gasteiger partial charge >= 0.3 is 12.3 Å². The minimum absolute atomic E-state index is 0.0162. The third-order valence-electron chi connectivity index (χ3n) is 1.97. The molecule has 0 amide bonds. The number of aromatic nitrogens is 1. The molecule has 0 saturated heterocycles. The van der Waals surface area contributed by atoms with E-state index < -0.39 is 24.9 Å². The molecule has 0 saturated carbocycles. The zero-order valence-corrected chi connectivity index (χ0v) is 11.7. The molecule has 0 aliphatic rings. The zero-order valence-electron chi connectivity index (χ0n) is 9.55. The van der Waals surface area contributed by atoms with Gasteiger partial charge in [-0.05, 0) is 34.2 Å². The second-order valence-electron chi connectivity index (χ2n) is 3.33. The third kappa shape index (κ3) is 4.80. The Morgan fingerprint density at radius 1 is 1.47 bits per heavy atom. The van der Waals surface area contributed by atoms with E-state index in [1.807, 2.05) is 0 Å².